The molecule has 2 N–H and O–H groups in total. The van der Waals surface area contributed by atoms with Crippen LogP contribution in [0.3, 0.4) is 0 Å². The summed E-state index contributed by atoms with van der Waals surface area (Å²) < 4.78 is 0. The number of nitrogens with one attached hydrogen (secondary N) is 1. The lowest BCUT2D eigenvalue weighted by Gasteiger charge is -2.29. The summed E-state index contributed by atoms with van der Waals surface area (Å²) >= 11 is 0. The summed E-state index contributed by atoms with van der Waals surface area (Å²) in [6, 6.07) is 14.2. The van der Waals surface area contributed by atoms with Crippen molar-refractivity contribution in [3.8, 4) is 11.8 Å². The Morgan fingerprint density at radius 3 is 2.48 bits per heavy atom. The Balaban J connectivity index is 1.77. The van der Waals surface area contributed by atoms with Crippen LogP contribution < -0.4 is 10.2 Å². The Kier molecular flexibility index (Phi) is 5.77. The third kappa shape index (κ3) is 4.68. The monoisotopic (exact) mass is 361 g/mol. The van der Waals surface area contributed by atoms with E-state index in [0.717, 1.165) is 24.2 Å². The van der Waals surface area contributed by atoms with E-state index in [1.54, 1.807) is 18.2 Å². The van der Waals surface area contributed by atoms with E-state index < -0.39 is 5.91 Å². The van der Waals surface area contributed by atoms with Gasteiger partial charge in [-0.2, -0.15) is 5.26 Å². The van der Waals surface area contributed by atoms with Crippen molar-refractivity contribution < 1.29 is 9.90 Å². The van der Waals surface area contributed by atoms with Crippen LogP contribution >= 0.6 is 0 Å². The standard InChI is InChI=1S/C22H23N3O2/c1-16-13-20(25-11-3-2-4-12-25)8-5-17(16)14-18(15-23)22(27)24-19-6-9-21(26)10-7-19/h5-10,13-14,26H,2-4,11-12H2,1H3,(H,24,27)/b18-14-. The number of piperidine rings is 1. The highest BCUT2D eigenvalue weighted by Crippen LogP contribution is 2.24. The summed E-state index contributed by atoms with van der Waals surface area (Å²) in [6.45, 7) is 4.15. The van der Waals surface area contributed by atoms with Crippen molar-refractivity contribution >= 4 is 23.4 Å². The number of aryl methyl sites for hydroxylation is 1. The zero-order valence-electron chi connectivity index (χ0n) is 15.4. The summed E-state index contributed by atoms with van der Waals surface area (Å²) in [5.74, 6) is -0.351. The first-order valence-electron chi connectivity index (χ1n) is 9.14. The number of nitriles is 1. The molecular formula is C22H23N3O2. The van der Waals surface area contributed by atoms with E-state index in [-0.39, 0.29) is 11.3 Å². The number of benzene rings is 2. The van der Waals surface area contributed by atoms with Gasteiger partial charge in [0.05, 0.1) is 0 Å². The Morgan fingerprint density at radius 1 is 1.15 bits per heavy atom. The normalized spacial score (nSPS) is 14.5. The highest BCUT2D eigenvalue weighted by Gasteiger charge is 2.13. The first-order valence-corrected chi connectivity index (χ1v) is 9.14. The first kappa shape index (κ1) is 18.5. The fraction of sp³-hybridized carbons (Fsp3) is 0.273. The molecule has 0 bridgehead atoms. The minimum absolute atomic E-state index is 0.0388. The van der Waals surface area contributed by atoms with Gasteiger partial charge in [0.25, 0.3) is 5.91 Å². The van der Waals surface area contributed by atoms with Crippen molar-refractivity contribution in [3.63, 3.8) is 0 Å². The minimum atomic E-state index is -0.470. The minimum Gasteiger partial charge on any atom is -0.508 e. The van der Waals surface area contributed by atoms with E-state index in [4.69, 9.17) is 0 Å². The van der Waals surface area contributed by atoms with Gasteiger partial charge in [-0.05, 0) is 79.8 Å². The molecule has 1 heterocycles. The second-order valence-corrected chi connectivity index (χ2v) is 6.76. The third-order valence-electron chi connectivity index (χ3n) is 4.76. The molecule has 1 aliphatic rings. The number of aromatic hydroxyl groups is 1. The molecule has 0 aromatic heterocycles. The number of nitrogens with zero attached hydrogens (tertiary/aromatic N) is 2. The highest BCUT2D eigenvalue weighted by molar-refractivity contribution is 6.09. The molecule has 5 nitrogen and oxygen atoms in total. The Labute approximate surface area is 159 Å². The molecule has 3 rings (SSSR count). The van der Waals surface area contributed by atoms with Crippen LogP contribution in [0.2, 0.25) is 0 Å². The largest absolute Gasteiger partial charge is 0.508 e. The maximum atomic E-state index is 12.4. The van der Waals surface area contributed by atoms with Crippen LogP contribution in [0.1, 0.15) is 30.4 Å². The van der Waals surface area contributed by atoms with Gasteiger partial charge in [-0.3, -0.25) is 4.79 Å². The smallest absolute Gasteiger partial charge is 0.266 e. The van der Waals surface area contributed by atoms with Gasteiger partial charge >= 0.3 is 0 Å². The molecule has 2 aromatic carbocycles. The lowest BCUT2D eigenvalue weighted by Crippen LogP contribution is -2.29. The molecule has 0 saturated carbocycles. The SMILES string of the molecule is Cc1cc(N2CCCCC2)ccc1/C=C(/C#N)C(=O)Nc1ccc(O)cc1. The van der Waals surface area contributed by atoms with Gasteiger partial charge in [0, 0.05) is 24.5 Å². The number of carbonyl (C=O) groups excluding carboxylic acids is 1. The molecule has 1 amide bonds. The highest BCUT2D eigenvalue weighted by atomic mass is 16.3. The van der Waals surface area contributed by atoms with Crippen LogP contribution in [0.4, 0.5) is 11.4 Å². The molecule has 1 aliphatic heterocycles. The van der Waals surface area contributed by atoms with Crippen LogP contribution in [0.25, 0.3) is 6.08 Å². The van der Waals surface area contributed by atoms with E-state index in [2.05, 4.69) is 22.3 Å². The van der Waals surface area contributed by atoms with E-state index in [9.17, 15) is 15.2 Å². The summed E-state index contributed by atoms with van der Waals surface area (Å²) in [6.07, 6.45) is 5.34. The molecule has 0 unspecified atom stereocenters. The topological polar surface area (TPSA) is 76.4 Å². The molecule has 1 fully saturated rings. The van der Waals surface area contributed by atoms with E-state index >= 15 is 0 Å². The average molecular weight is 361 g/mol. The fourth-order valence-corrected chi connectivity index (χ4v) is 3.22. The predicted octanol–water partition coefficient (Wildman–Crippen LogP) is 4.24. The van der Waals surface area contributed by atoms with Gasteiger partial charge < -0.3 is 15.3 Å². The number of rotatable bonds is 4. The Bertz CT molecular complexity index is 889. The van der Waals surface area contributed by atoms with E-state index in [0.29, 0.717) is 5.69 Å². The van der Waals surface area contributed by atoms with Crippen LogP contribution in [-0.2, 0) is 4.79 Å². The van der Waals surface area contributed by atoms with Crippen molar-refractivity contribution in [1.82, 2.24) is 0 Å². The van der Waals surface area contributed by atoms with Gasteiger partial charge in [-0.15, -0.1) is 0 Å². The molecule has 138 valence electrons. The quantitative estimate of drug-likeness (QED) is 0.485. The van der Waals surface area contributed by atoms with Gasteiger partial charge in [-0.1, -0.05) is 6.07 Å². The molecular weight excluding hydrogens is 338 g/mol. The first-order chi connectivity index (χ1) is 13.1. The van der Waals surface area contributed by atoms with Crippen molar-refractivity contribution in [2.45, 2.75) is 26.2 Å². The lowest BCUT2D eigenvalue weighted by atomic mass is 10.0. The second-order valence-electron chi connectivity index (χ2n) is 6.76. The van der Waals surface area contributed by atoms with Crippen LogP contribution in [-0.4, -0.2) is 24.1 Å². The van der Waals surface area contributed by atoms with Gasteiger partial charge in [0.15, 0.2) is 0 Å². The summed E-state index contributed by atoms with van der Waals surface area (Å²) in [5, 5.41) is 21.4. The maximum Gasteiger partial charge on any atom is 0.266 e. The number of phenols is 1. The number of hydrogen-bond acceptors (Lipinski definition) is 4. The summed E-state index contributed by atoms with van der Waals surface area (Å²) in [5.41, 5.74) is 3.64. The predicted molar refractivity (Wildman–Crippen MR) is 108 cm³/mol. The molecule has 0 radical (unpaired) electrons. The molecule has 27 heavy (non-hydrogen) atoms. The molecule has 2 aromatic rings. The van der Waals surface area contributed by atoms with Crippen LogP contribution in [0.15, 0.2) is 48.0 Å². The van der Waals surface area contributed by atoms with Crippen LogP contribution in [0, 0.1) is 18.3 Å². The van der Waals surface area contributed by atoms with Crippen LogP contribution in [0.5, 0.6) is 5.75 Å². The third-order valence-corrected chi connectivity index (χ3v) is 4.76. The van der Waals surface area contributed by atoms with Crippen molar-refractivity contribution in [2.24, 2.45) is 0 Å². The number of anilines is 2. The molecule has 1 saturated heterocycles. The lowest BCUT2D eigenvalue weighted by molar-refractivity contribution is -0.112. The zero-order chi connectivity index (χ0) is 19.2. The van der Waals surface area contributed by atoms with E-state index in [1.807, 2.05) is 19.1 Å². The zero-order valence-corrected chi connectivity index (χ0v) is 15.4. The number of phenolic OH excluding ortho intramolecular Hbond substituents is 1. The second kappa shape index (κ2) is 8.41. The molecule has 0 atom stereocenters. The summed E-state index contributed by atoms with van der Waals surface area (Å²) in [7, 11) is 0. The maximum absolute atomic E-state index is 12.4. The Hall–Kier alpha value is -3.26. The average Bonchev–Trinajstić information content (AvgIpc) is 2.69. The van der Waals surface area contributed by atoms with Gasteiger partial charge in [0.1, 0.15) is 17.4 Å². The molecule has 5 heteroatoms. The van der Waals surface area contributed by atoms with E-state index in [1.165, 1.54) is 37.1 Å². The Morgan fingerprint density at radius 2 is 1.85 bits per heavy atom. The number of amides is 1. The van der Waals surface area contributed by atoms with Gasteiger partial charge in [0.2, 0.25) is 0 Å². The fourth-order valence-electron chi connectivity index (χ4n) is 3.22. The molecule has 0 spiro atoms. The summed E-state index contributed by atoms with van der Waals surface area (Å²) in [4.78, 5) is 14.8. The van der Waals surface area contributed by atoms with Gasteiger partial charge in [-0.25, -0.2) is 0 Å². The molecule has 0 aliphatic carbocycles. The van der Waals surface area contributed by atoms with Crippen molar-refractivity contribution in [2.75, 3.05) is 23.3 Å². The number of hydrogen-bond donors (Lipinski definition) is 2. The van der Waals surface area contributed by atoms with Crippen molar-refractivity contribution in [3.05, 3.63) is 59.2 Å². The van der Waals surface area contributed by atoms with Crippen molar-refractivity contribution in [1.29, 1.82) is 5.26 Å². The number of carbonyl (C=O) groups is 1.